The van der Waals surface area contributed by atoms with E-state index >= 15 is 0 Å². The molecule has 0 aliphatic heterocycles. The molecule has 0 heterocycles. The average molecular weight is 534 g/mol. The molecule has 8 nitrogen and oxygen atoms in total. The Morgan fingerprint density at radius 2 is 1.39 bits per heavy atom. The van der Waals surface area contributed by atoms with Gasteiger partial charge in [0.1, 0.15) is 18.7 Å². The fourth-order valence-electron chi connectivity index (χ4n) is 4.28. The summed E-state index contributed by atoms with van der Waals surface area (Å²) in [7, 11) is 0. The highest BCUT2D eigenvalue weighted by Crippen LogP contribution is 2.16. The molecule has 0 aromatic heterocycles. The molecule has 0 spiro atoms. The molecule has 0 aliphatic rings. The first kappa shape index (κ1) is 33.4. The summed E-state index contributed by atoms with van der Waals surface area (Å²) in [4.78, 5) is 38.9. The number of alkyl carbamates (subject to hydrolysis) is 1. The Bertz CT molecular complexity index is 828. The zero-order valence-electron chi connectivity index (χ0n) is 24.5. The third kappa shape index (κ3) is 12.8. The summed E-state index contributed by atoms with van der Waals surface area (Å²) in [5.74, 6) is -0.923. The second kappa shape index (κ2) is 17.8. The number of aliphatic hydroxyl groups excluding tert-OH is 1. The Kier molecular flexibility index (Phi) is 15.7. The van der Waals surface area contributed by atoms with Crippen molar-refractivity contribution in [3.8, 4) is 0 Å². The smallest absolute Gasteiger partial charge is 0.408 e. The number of unbranched alkanes of at least 4 members (excludes halogenated alkanes) is 3. The molecule has 0 fully saturated rings. The second-order valence-electron chi connectivity index (χ2n) is 11.3. The molecular weight excluding hydrogens is 482 g/mol. The van der Waals surface area contributed by atoms with Crippen molar-refractivity contribution in [2.24, 2.45) is 17.8 Å². The van der Waals surface area contributed by atoms with Gasteiger partial charge in [-0.1, -0.05) is 104 Å². The zero-order valence-corrected chi connectivity index (χ0v) is 24.5. The number of ether oxygens (including phenoxy) is 1. The van der Waals surface area contributed by atoms with E-state index in [1.165, 1.54) is 0 Å². The highest BCUT2D eigenvalue weighted by molar-refractivity contribution is 5.91. The summed E-state index contributed by atoms with van der Waals surface area (Å²) in [5, 5.41) is 19.3. The molecule has 216 valence electrons. The number of rotatable bonds is 17. The van der Waals surface area contributed by atoms with Gasteiger partial charge in [-0.2, -0.15) is 0 Å². The Hall–Kier alpha value is -2.61. The average Bonchev–Trinajstić information content (AvgIpc) is 2.86. The highest BCUT2D eigenvalue weighted by Gasteiger charge is 2.32. The first-order valence-corrected chi connectivity index (χ1v) is 14.2. The fraction of sp³-hybridized carbons (Fsp3) is 0.700. The number of amides is 3. The van der Waals surface area contributed by atoms with E-state index in [2.05, 4.69) is 36.7 Å². The minimum absolute atomic E-state index is 0.0914. The van der Waals surface area contributed by atoms with Gasteiger partial charge in [-0.05, 0) is 36.2 Å². The van der Waals surface area contributed by atoms with Crippen LogP contribution in [-0.4, -0.2) is 47.2 Å². The third-order valence-corrected chi connectivity index (χ3v) is 6.55. The Labute approximate surface area is 229 Å². The zero-order chi connectivity index (χ0) is 28.7. The molecule has 8 heteroatoms. The lowest BCUT2D eigenvalue weighted by molar-refractivity contribution is -0.132. The van der Waals surface area contributed by atoms with Gasteiger partial charge in [-0.3, -0.25) is 9.59 Å². The van der Waals surface area contributed by atoms with E-state index in [1.807, 2.05) is 58.0 Å². The molecule has 1 aromatic rings. The lowest BCUT2D eigenvalue weighted by atomic mass is 9.94. The van der Waals surface area contributed by atoms with Crippen LogP contribution < -0.4 is 16.0 Å². The largest absolute Gasteiger partial charge is 0.445 e. The molecule has 0 saturated carbocycles. The summed E-state index contributed by atoms with van der Waals surface area (Å²) in [6, 6.07) is 7.21. The predicted molar refractivity (Wildman–Crippen MR) is 151 cm³/mol. The van der Waals surface area contributed by atoms with Gasteiger partial charge in [0.25, 0.3) is 0 Å². The third-order valence-electron chi connectivity index (χ3n) is 6.55. The van der Waals surface area contributed by atoms with Gasteiger partial charge >= 0.3 is 6.09 Å². The maximum absolute atomic E-state index is 13.3. The topological polar surface area (TPSA) is 117 Å². The van der Waals surface area contributed by atoms with Crippen molar-refractivity contribution in [2.45, 2.75) is 118 Å². The van der Waals surface area contributed by atoms with Crippen molar-refractivity contribution in [1.82, 2.24) is 16.0 Å². The SMILES string of the molecule is CCCCCCC(O)C(CC(C)C)NC(=O)[C@@H](NC(=O)[C@@H](NC(=O)OCc1ccccc1)C(C)C)C(C)C. The summed E-state index contributed by atoms with van der Waals surface area (Å²) in [6.07, 6.45) is 4.13. The molecule has 4 N–H and O–H groups in total. The van der Waals surface area contributed by atoms with Gasteiger partial charge < -0.3 is 25.8 Å². The molecule has 3 amide bonds. The minimum Gasteiger partial charge on any atom is -0.445 e. The summed E-state index contributed by atoms with van der Waals surface area (Å²) >= 11 is 0. The van der Waals surface area contributed by atoms with Crippen molar-refractivity contribution in [1.29, 1.82) is 0 Å². The van der Waals surface area contributed by atoms with Crippen LogP contribution in [0.3, 0.4) is 0 Å². The Morgan fingerprint density at radius 1 is 0.816 bits per heavy atom. The molecule has 1 aromatic carbocycles. The lowest BCUT2D eigenvalue weighted by Gasteiger charge is -2.30. The molecule has 2 unspecified atom stereocenters. The maximum Gasteiger partial charge on any atom is 0.408 e. The number of aliphatic hydroxyl groups is 1. The molecule has 1 rings (SSSR count). The van der Waals surface area contributed by atoms with Crippen LogP contribution in [0, 0.1) is 17.8 Å². The minimum atomic E-state index is -0.872. The fourth-order valence-corrected chi connectivity index (χ4v) is 4.28. The summed E-state index contributed by atoms with van der Waals surface area (Å²) in [6.45, 7) is 13.7. The number of benzene rings is 1. The van der Waals surface area contributed by atoms with Crippen molar-refractivity contribution in [2.75, 3.05) is 0 Å². The normalized spacial score (nSPS) is 14.6. The number of carbonyl (C=O) groups excluding carboxylic acids is 3. The van der Waals surface area contributed by atoms with Crippen LogP contribution in [0.5, 0.6) is 0 Å². The van der Waals surface area contributed by atoms with E-state index in [9.17, 15) is 19.5 Å². The van der Waals surface area contributed by atoms with E-state index in [0.717, 1.165) is 31.2 Å². The van der Waals surface area contributed by atoms with Crippen LogP contribution in [0.15, 0.2) is 30.3 Å². The predicted octanol–water partition coefficient (Wildman–Crippen LogP) is 4.94. The van der Waals surface area contributed by atoms with E-state index in [4.69, 9.17) is 4.74 Å². The van der Waals surface area contributed by atoms with Gasteiger partial charge in [0.15, 0.2) is 0 Å². The van der Waals surface area contributed by atoms with E-state index in [0.29, 0.717) is 12.8 Å². The highest BCUT2D eigenvalue weighted by atomic mass is 16.5. The van der Waals surface area contributed by atoms with Gasteiger partial charge in [0.2, 0.25) is 11.8 Å². The van der Waals surface area contributed by atoms with Crippen LogP contribution in [0.1, 0.15) is 92.6 Å². The van der Waals surface area contributed by atoms with Gasteiger partial charge in [0.05, 0.1) is 12.1 Å². The molecule has 0 saturated heterocycles. The number of nitrogens with one attached hydrogen (secondary N) is 3. The Morgan fingerprint density at radius 3 is 1.95 bits per heavy atom. The van der Waals surface area contributed by atoms with Crippen molar-refractivity contribution in [3.63, 3.8) is 0 Å². The molecule has 0 aliphatic carbocycles. The van der Waals surface area contributed by atoms with Gasteiger partial charge in [-0.15, -0.1) is 0 Å². The van der Waals surface area contributed by atoms with E-state index in [-0.39, 0.29) is 30.3 Å². The summed E-state index contributed by atoms with van der Waals surface area (Å²) < 4.78 is 5.28. The molecule has 0 bridgehead atoms. The molecule has 4 atom stereocenters. The number of carbonyl (C=O) groups is 3. The number of hydrogen-bond donors (Lipinski definition) is 4. The van der Waals surface area contributed by atoms with Crippen LogP contribution in [0.25, 0.3) is 0 Å². The number of hydrogen-bond acceptors (Lipinski definition) is 5. The molecule has 0 radical (unpaired) electrons. The van der Waals surface area contributed by atoms with Gasteiger partial charge in [-0.25, -0.2) is 4.79 Å². The lowest BCUT2D eigenvalue weighted by Crippen LogP contribution is -2.58. The van der Waals surface area contributed by atoms with Crippen LogP contribution in [0.4, 0.5) is 4.79 Å². The molecule has 38 heavy (non-hydrogen) atoms. The van der Waals surface area contributed by atoms with Crippen LogP contribution in [0.2, 0.25) is 0 Å². The molecular formula is C30H51N3O5. The van der Waals surface area contributed by atoms with Crippen molar-refractivity contribution < 1.29 is 24.2 Å². The second-order valence-corrected chi connectivity index (χ2v) is 11.3. The summed E-state index contributed by atoms with van der Waals surface area (Å²) in [5.41, 5.74) is 0.841. The Balaban J connectivity index is 2.82. The first-order chi connectivity index (χ1) is 18.0. The maximum atomic E-state index is 13.3. The van der Waals surface area contributed by atoms with Crippen LogP contribution >= 0.6 is 0 Å². The standard InChI is InChI=1S/C30H51N3O5/c1-8-9-10-14-17-25(34)24(18-20(2)3)31-28(35)26(21(4)5)32-29(36)27(22(6)7)33-30(37)38-19-23-15-12-11-13-16-23/h11-13,15-16,20-22,24-27,34H,8-10,14,17-19H2,1-7H3,(H,31,35)(H,32,36)(H,33,37)/t24?,25?,26-,27-/m0/s1. The first-order valence-electron chi connectivity index (χ1n) is 14.2. The van der Waals surface area contributed by atoms with Crippen LogP contribution in [-0.2, 0) is 20.9 Å². The van der Waals surface area contributed by atoms with E-state index < -0.39 is 36.2 Å². The van der Waals surface area contributed by atoms with Crippen molar-refractivity contribution >= 4 is 17.9 Å². The van der Waals surface area contributed by atoms with Crippen molar-refractivity contribution in [3.05, 3.63) is 35.9 Å². The monoisotopic (exact) mass is 533 g/mol. The van der Waals surface area contributed by atoms with E-state index in [1.54, 1.807) is 0 Å². The van der Waals surface area contributed by atoms with Gasteiger partial charge in [0, 0.05) is 0 Å². The quantitative estimate of drug-likeness (QED) is 0.212.